The molecule has 5 heterocycles. The van der Waals surface area contributed by atoms with Gasteiger partial charge in [-0.1, -0.05) is 0 Å². The predicted octanol–water partition coefficient (Wildman–Crippen LogP) is 4.54. The maximum absolute atomic E-state index is 13.4. The number of ether oxygens (including phenoxy) is 3. The molecule has 2 N–H and O–H groups in total. The zero-order chi connectivity index (χ0) is 29.0. The molecule has 2 aliphatic rings. The summed E-state index contributed by atoms with van der Waals surface area (Å²) < 4.78 is 57.1. The third-order valence-electron chi connectivity index (χ3n) is 6.26. The molecule has 1 fully saturated rings. The van der Waals surface area contributed by atoms with Crippen LogP contribution in [0.5, 0.6) is 5.88 Å². The number of aliphatic imine (C=N–C) groups is 1. The quantitative estimate of drug-likeness (QED) is 0.365. The van der Waals surface area contributed by atoms with Crippen LogP contribution in [0.3, 0.4) is 0 Å². The number of aromatic nitrogens is 3. The number of nitrogens with zero attached hydrogens (tertiary/aromatic N) is 4. The van der Waals surface area contributed by atoms with Crippen molar-refractivity contribution >= 4 is 35.1 Å². The molecule has 5 rings (SSSR count). The molecule has 2 amide bonds. The molecule has 0 aromatic carbocycles. The molecule has 41 heavy (non-hydrogen) atoms. The third kappa shape index (κ3) is 6.79. The summed E-state index contributed by atoms with van der Waals surface area (Å²) in [6.07, 6.45) is -0.174. The molecule has 2 aliphatic heterocycles. The van der Waals surface area contributed by atoms with Crippen LogP contribution in [0, 0.1) is 5.92 Å². The number of nitrogens with one attached hydrogen (secondary N) is 2. The topological polar surface area (TPSA) is 137 Å². The fourth-order valence-corrected chi connectivity index (χ4v) is 5.07. The van der Waals surface area contributed by atoms with Crippen molar-refractivity contribution in [2.45, 2.75) is 25.9 Å². The molecule has 3 aromatic heterocycles. The minimum Gasteiger partial charge on any atom is -0.477 e. The van der Waals surface area contributed by atoms with Crippen LogP contribution >= 0.6 is 11.3 Å². The third-order valence-corrected chi connectivity index (χ3v) is 7.13. The lowest BCUT2D eigenvalue weighted by Crippen LogP contribution is -2.28. The van der Waals surface area contributed by atoms with Crippen LogP contribution < -0.4 is 15.4 Å². The summed E-state index contributed by atoms with van der Waals surface area (Å²) in [6, 6.07) is 2.53. The fraction of sp³-hybridized carbons (Fsp3) is 0.385. The van der Waals surface area contributed by atoms with Crippen LogP contribution in [0.4, 0.5) is 23.8 Å². The first kappa shape index (κ1) is 28.4. The van der Waals surface area contributed by atoms with E-state index in [-0.39, 0.29) is 40.6 Å². The molecule has 1 saturated heterocycles. The summed E-state index contributed by atoms with van der Waals surface area (Å²) in [5.41, 5.74) is 0.294. The van der Waals surface area contributed by atoms with E-state index in [1.54, 1.807) is 13.0 Å². The molecule has 0 spiro atoms. The Labute approximate surface area is 236 Å². The molecule has 15 heteroatoms. The first-order valence-corrected chi connectivity index (χ1v) is 13.6. The molecule has 0 atom stereocenters. The molecule has 3 aromatic rings. The highest BCUT2D eigenvalue weighted by atomic mass is 32.1. The number of carbonyl (C=O) groups excluding carboxylic acids is 2. The van der Waals surface area contributed by atoms with E-state index in [1.165, 1.54) is 18.5 Å². The van der Waals surface area contributed by atoms with Crippen molar-refractivity contribution in [1.82, 2.24) is 20.3 Å². The van der Waals surface area contributed by atoms with Crippen molar-refractivity contribution in [2.24, 2.45) is 10.9 Å². The fourth-order valence-electron chi connectivity index (χ4n) is 4.21. The van der Waals surface area contributed by atoms with E-state index in [4.69, 9.17) is 14.2 Å². The molecule has 216 valence electrons. The number of hydrogen-bond donors (Lipinski definition) is 2. The van der Waals surface area contributed by atoms with Gasteiger partial charge in [-0.15, -0.1) is 11.3 Å². The van der Waals surface area contributed by atoms with Crippen molar-refractivity contribution in [3.05, 3.63) is 41.2 Å². The van der Waals surface area contributed by atoms with Gasteiger partial charge in [-0.25, -0.2) is 29.5 Å². The number of urea groups is 1. The number of carbonyl (C=O) groups is 2. The van der Waals surface area contributed by atoms with Crippen molar-refractivity contribution < 1.29 is 37.0 Å². The molecular weight excluding hydrogens is 565 g/mol. The zero-order valence-corrected chi connectivity index (χ0v) is 22.6. The van der Waals surface area contributed by atoms with E-state index in [0.717, 1.165) is 29.6 Å². The Morgan fingerprint density at radius 2 is 1.95 bits per heavy atom. The van der Waals surface area contributed by atoms with E-state index in [9.17, 15) is 22.8 Å². The number of hydrogen-bond acceptors (Lipinski definition) is 10. The molecule has 0 aliphatic carbocycles. The largest absolute Gasteiger partial charge is 0.477 e. The lowest BCUT2D eigenvalue weighted by atomic mass is 10.0. The van der Waals surface area contributed by atoms with Gasteiger partial charge < -0.3 is 19.5 Å². The van der Waals surface area contributed by atoms with Crippen LogP contribution in [0.1, 0.15) is 31.0 Å². The van der Waals surface area contributed by atoms with Gasteiger partial charge in [-0.3, -0.25) is 5.32 Å². The molecule has 0 saturated carbocycles. The highest BCUT2D eigenvalue weighted by molar-refractivity contribution is 7.13. The number of amides is 2. The van der Waals surface area contributed by atoms with Gasteiger partial charge in [0.1, 0.15) is 17.4 Å². The molecule has 0 radical (unpaired) electrons. The van der Waals surface area contributed by atoms with Gasteiger partial charge in [0.25, 0.3) is 0 Å². The van der Waals surface area contributed by atoms with Gasteiger partial charge in [0, 0.05) is 54.2 Å². The van der Waals surface area contributed by atoms with Gasteiger partial charge in [-0.05, 0) is 37.8 Å². The number of pyridine rings is 2. The van der Waals surface area contributed by atoms with Crippen molar-refractivity contribution in [1.29, 1.82) is 0 Å². The number of halogens is 3. The minimum atomic E-state index is -4.64. The first-order chi connectivity index (χ1) is 19.7. The smallest absolute Gasteiger partial charge is 0.434 e. The number of anilines is 1. The summed E-state index contributed by atoms with van der Waals surface area (Å²) in [5, 5.41) is 6.11. The Kier molecular flexibility index (Phi) is 8.44. The molecule has 11 nitrogen and oxygen atoms in total. The molecular formula is C26H25F3N6O5S. The number of alkyl halides is 3. The summed E-state index contributed by atoms with van der Waals surface area (Å²) in [4.78, 5) is 40.5. The van der Waals surface area contributed by atoms with E-state index in [0.29, 0.717) is 43.1 Å². The van der Waals surface area contributed by atoms with Crippen LogP contribution in [-0.4, -0.2) is 65.8 Å². The van der Waals surface area contributed by atoms with Gasteiger partial charge >= 0.3 is 18.2 Å². The number of thiazole rings is 1. The highest BCUT2D eigenvalue weighted by Gasteiger charge is 2.34. The Hall–Kier alpha value is -4.11. The number of cyclic esters (lactones) is 1. The van der Waals surface area contributed by atoms with E-state index < -0.39 is 23.9 Å². The second-order valence-corrected chi connectivity index (χ2v) is 10.0. The van der Waals surface area contributed by atoms with Gasteiger partial charge in [0.15, 0.2) is 5.69 Å². The maximum atomic E-state index is 13.4. The zero-order valence-electron chi connectivity index (χ0n) is 21.8. The Balaban J connectivity index is 1.60. The second-order valence-electron chi connectivity index (χ2n) is 9.17. The van der Waals surface area contributed by atoms with E-state index in [1.807, 2.05) is 0 Å². The monoisotopic (exact) mass is 590 g/mol. The summed E-state index contributed by atoms with van der Waals surface area (Å²) in [6.45, 7) is 3.55. The lowest BCUT2D eigenvalue weighted by molar-refractivity contribution is -0.140. The van der Waals surface area contributed by atoms with Crippen LogP contribution in [0.25, 0.3) is 21.7 Å². The van der Waals surface area contributed by atoms with Gasteiger partial charge in [-0.2, -0.15) is 13.2 Å². The van der Waals surface area contributed by atoms with Crippen molar-refractivity contribution in [3.63, 3.8) is 0 Å². The standard InChI is InChI=1S/C26H25F3N6O5S/c1-2-30-25(37)35-20-8-17(24-34-19(13-41-24)26(27,28)29)18(10-31-20)16-7-15(22-33-11-21(36)40-22)9-32-23(16)39-12-14-3-5-38-6-4-14/h7-10,13-14H,2-6,11-12H2,1H3,(H2,30,31,35,37). The van der Waals surface area contributed by atoms with Crippen molar-refractivity contribution in [2.75, 3.05) is 38.2 Å². The summed E-state index contributed by atoms with van der Waals surface area (Å²) in [5.74, 6) is 0.0729. The molecule has 0 bridgehead atoms. The Bertz CT molecular complexity index is 1470. The maximum Gasteiger partial charge on any atom is 0.434 e. The van der Waals surface area contributed by atoms with Crippen LogP contribution in [0.2, 0.25) is 0 Å². The van der Waals surface area contributed by atoms with Crippen LogP contribution in [-0.2, 0) is 20.4 Å². The van der Waals surface area contributed by atoms with Crippen molar-refractivity contribution in [3.8, 4) is 27.6 Å². The van der Waals surface area contributed by atoms with Crippen LogP contribution in [0.15, 0.2) is 34.9 Å². The summed E-state index contributed by atoms with van der Waals surface area (Å²) >= 11 is 0.793. The average molecular weight is 591 g/mol. The Morgan fingerprint density at radius 3 is 2.63 bits per heavy atom. The minimum absolute atomic E-state index is 0.0408. The number of esters is 1. The first-order valence-electron chi connectivity index (χ1n) is 12.8. The van der Waals surface area contributed by atoms with E-state index in [2.05, 4.69) is 30.6 Å². The van der Waals surface area contributed by atoms with Gasteiger partial charge in [0.2, 0.25) is 11.8 Å². The Morgan fingerprint density at radius 1 is 1.15 bits per heavy atom. The predicted molar refractivity (Wildman–Crippen MR) is 143 cm³/mol. The second kappa shape index (κ2) is 12.2. The highest BCUT2D eigenvalue weighted by Crippen LogP contribution is 2.41. The van der Waals surface area contributed by atoms with E-state index >= 15 is 0 Å². The number of rotatable bonds is 8. The SMILES string of the molecule is CCNC(=O)Nc1cc(-c2nc(C(F)(F)F)cs2)c(-c2cc(C3=NCC(=O)O3)cnc2OCC2CCOCC2)cn1. The normalized spacial score (nSPS) is 15.8. The van der Waals surface area contributed by atoms with Gasteiger partial charge in [0.05, 0.1) is 12.2 Å². The summed E-state index contributed by atoms with van der Waals surface area (Å²) in [7, 11) is 0. The molecule has 0 unspecified atom stereocenters. The lowest BCUT2D eigenvalue weighted by Gasteiger charge is -2.22. The average Bonchev–Trinajstić information content (AvgIpc) is 3.62.